The van der Waals surface area contributed by atoms with E-state index in [1.165, 1.54) is 18.2 Å². The predicted molar refractivity (Wildman–Crippen MR) is 68.1 cm³/mol. The highest BCUT2D eigenvalue weighted by atomic mass is 19.2. The fraction of sp³-hybridized carbons (Fsp3) is 0.357. The van der Waals surface area contributed by atoms with Crippen molar-refractivity contribution in [3.63, 3.8) is 0 Å². The van der Waals surface area contributed by atoms with Crippen LogP contribution < -0.4 is 0 Å². The molecule has 0 spiro atoms. The van der Waals surface area contributed by atoms with Crippen LogP contribution in [0.2, 0.25) is 0 Å². The first kappa shape index (κ1) is 14.5. The van der Waals surface area contributed by atoms with Crippen molar-refractivity contribution in [1.29, 1.82) is 0 Å². The van der Waals surface area contributed by atoms with Gasteiger partial charge < -0.3 is 4.90 Å². The fourth-order valence-electron chi connectivity index (χ4n) is 1.60. The summed E-state index contributed by atoms with van der Waals surface area (Å²) in [6.45, 7) is 2.48. The van der Waals surface area contributed by atoms with Gasteiger partial charge in [-0.1, -0.05) is 19.1 Å². The molecule has 0 aliphatic rings. The summed E-state index contributed by atoms with van der Waals surface area (Å²) in [6, 6.07) is 3.54. The van der Waals surface area contributed by atoms with Crippen molar-refractivity contribution in [2.24, 2.45) is 5.92 Å². The largest absolute Gasteiger partial charge is 0.309 e. The van der Waals surface area contributed by atoms with Crippen LogP contribution >= 0.6 is 0 Å². The quantitative estimate of drug-likeness (QED) is 0.752. The SMILES string of the molecule is C[C@H](CN(C)C)C(=O)/C=C/c1ccc(F)c(F)c1. The summed E-state index contributed by atoms with van der Waals surface area (Å²) in [5.41, 5.74) is 0.472. The molecule has 0 heterocycles. The van der Waals surface area contributed by atoms with Crippen LogP contribution in [0.15, 0.2) is 24.3 Å². The number of hydrogen-bond donors (Lipinski definition) is 0. The van der Waals surface area contributed by atoms with Gasteiger partial charge in [-0.25, -0.2) is 8.78 Å². The Kier molecular flexibility index (Phi) is 5.16. The maximum Gasteiger partial charge on any atom is 0.159 e. The predicted octanol–water partition coefficient (Wildman–Crippen LogP) is 2.74. The van der Waals surface area contributed by atoms with E-state index in [9.17, 15) is 13.6 Å². The molecule has 1 rings (SSSR count). The van der Waals surface area contributed by atoms with Gasteiger partial charge in [0.1, 0.15) is 0 Å². The standard InChI is InChI=1S/C14H17F2NO/c1-10(9-17(2)3)14(18)7-5-11-4-6-12(15)13(16)8-11/h4-8,10H,9H2,1-3H3/b7-5+/t10-/m1/s1. The van der Waals surface area contributed by atoms with Crippen molar-refractivity contribution in [2.75, 3.05) is 20.6 Å². The van der Waals surface area contributed by atoms with Crippen LogP contribution in [0.5, 0.6) is 0 Å². The fourth-order valence-corrected chi connectivity index (χ4v) is 1.60. The van der Waals surface area contributed by atoms with Gasteiger partial charge in [-0.05, 0) is 37.9 Å². The number of carbonyl (C=O) groups is 1. The van der Waals surface area contributed by atoms with Gasteiger partial charge >= 0.3 is 0 Å². The minimum atomic E-state index is -0.911. The highest BCUT2D eigenvalue weighted by Crippen LogP contribution is 2.10. The number of hydrogen-bond acceptors (Lipinski definition) is 2. The maximum atomic E-state index is 12.9. The lowest BCUT2D eigenvalue weighted by atomic mass is 10.0. The maximum absolute atomic E-state index is 12.9. The van der Waals surface area contributed by atoms with Gasteiger partial charge in [-0.3, -0.25) is 4.79 Å². The highest BCUT2D eigenvalue weighted by molar-refractivity contribution is 5.95. The second-order valence-electron chi connectivity index (χ2n) is 4.57. The average molecular weight is 253 g/mol. The molecule has 0 aromatic heterocycles. The smallest absolute Gasteiger partial charge is 0.159 e. The molecule has 18 heavy (non-hydrogen) atoms. The molecule has 0 amide bonds. The Morgan fingerprint density at radius 2 is 2.00 bits per heavy atom. The molecule has 0 unspecified atom stereocenters. The summed E-state index contributed by atoms with van der Waals surface area (Å²) in [6.07, 6.45) is 2.90. The Balaban J connectivity index is 2.68. The minimum Gasteiger partial charge on any atom is -0.309 e. The Morgan fingerprint density at radius 3 is 2.56 bits per heavy atom. The van der Waals surface area contributed by atoms with Gasteiger partial charge in [0.05, 0.1) is 0 Å². The van der Waals surface area contributed by atoms with Gasteiger partial charge in [0.2, 0.25) is 0 Å². The summed E-state index contributed by atoms with van der Waals surface area (Å²) in [7, 11) is 3.78. The van der Waals surface area contributed by atoms with Crippen molar-refractivity contribution >= 4 is 11.9 Å². The van der Waals surface area contributed by atoms with Crippen molar-refractivity contribution in [1.82, 2.24) is 4.90 Å². The lowest BCUT2D eigenvalue weighted by molar-refractivity contribution is -0.118. The van der Waals surface area contributed by atoms with Gasteiger partial charge in [0, 0.05) is 12.5 Å². The van der Waals surface area contributed by atoms with Crippen LogP contribution in [-0.4, -0.2) is 31.3 Å². The molecule has 0 radical (unpaired) electrons. The molecule has 0 N–H and O–H groups in total. The van der Waals surface area contributed by atoms with E-state index in [0.29, 0.717) is 12.1 Å². The number of nitrogens with zero attached hydrogens (tertiary/aromatic N) is 1. The summed E-state index contributed by atoms with van der Waals surface area (Å²) in [5, 5.41) is 0. The van der Waals surface area contributed by atoms with E-state index in [-0.39, 0.29) is 11.7 Å². The Bertz CT molecular complexity index is 455. The lowest BCUT2D eigenvalue weighted by Crippen LogP contribution is -2.24. The summed E-state index contributed by atoms with van der Waals surface area (Å²) >= 11 is 0. The topological polar surface area (TPSA) is 20.3 Å². The van der Waals surface area contributed by atoms with E-state index < -0.39 is 11.6 Å². The Labute approximate surface area is 106 Å². The molecule has 4 heteroatoms. The summed E-state index contributed by atoms with van der Waals surface area (Å²) in [5.74, 6) is -1.96. The molecule has 0 saturated carbocycles. The second-order valence-corrected chi connectivity index (χ2v) is 4.57. The number of allylic oxidation sites excluding steroid dienone is 1. The molecule has 1 atom stereocenters. The number of carbonyl (C=O) groups excluding carboxylic acids is 1. The van der Waals surface area contributed by atoms with E-state index in [1.54, 1.807) is 0 Å². The molecule has 0 bridgehead atoms. The Morgan fingerprint density at radius 1 is 1.33 bits per heavy atom. The third-order valence-corrected chi connectivity index (χ3v) is 2.51. The first-order chi connectivity index (χ1) is 8.40. The van der Waals surface area contributed by atoms with Crippen LogP contribution in [0.25, 0.3) is 6.08 Å². The molecule has 0 saturated heterocycles. The number of halogens is 2. The van der Waals surface area contributed by atoms with Gasteiger partial charge in [-0.2, -0.15) is 0 Å². The average Bonchev–Trinajstić information content (AvgIpc) is 2.29. The van der Waals surface area contributed by atoms with E-state index in [2.05, 4.69) is 0 Å². The van der Waals surface area contributed by atoms with Crippen LogP contribution in [-0.2, 0) is 4.79 Å². The van der Waals surface area contributed by atoms with Gasteiger partial charge in [0.15, 0.2) is 17.4 Å². The zero-order chi connectivity index (χ0) is 13.7. The number of benzene rings is 1. The molecule has 1 aromatic rings. The van der Waals surface area contributed by atoms with E-state index in [0.717, 1.165) is 12.1 Å². The third-order valence-electron chi connectivity index (χ3n) is 2.51. The zero-order valence-corrected chi connectivity index (χ0v) is 10.8. The minimum absolute atomic E-state index is 0.0339. The van der Waals surface area contributed by atoms with Crippen LogP contribution in [0.3, 0.4) is 0 Å². The first-order valence-corrected chi connectivity index (χ1v) is 5.72. The van der Waals surface area contributed by atoms with Gasteiger partial charge in [0.25, 0.3) is 0 Å². The molecule has 1 aromatic carbocycles. The monoisotopic (exact) mass is 253 g/mol. The molecule has 0 aliphatic heterocycles. The van der Waals surface area contributed by atoms with Crippen molar-refractivity contribution in [2.45, 2.75) is 6.92 Å². The number of rotatable bonds is 5. The lowest BCUT2D eigenvalue weighted by Gasteiger charge is -2.13. The zero-order valence-electron chi connectivity index (χ0n) is 10.8. The van der Waals surface area contributed by atoms with Crippen molar-refractivity contribution in [3.05, 3.63) is 41.5 Å². The molecular formula is C14H17F2NO. The number of ketones is 1. The normalized spacial score (nSPS) is 13.2. The molecule has 0 aliphatic carbocycles. The molecular weight excluding hydrogens is 236 g/mol. The summed E-state index contributed by atoms with van der Waals surface area (Å²) in [4.78, 5) is 13.6. The van der Waals surface area contributed by atoms with Crippen LogP contribution in [0.4, 0.5) is 8.78 Å². The van der Waals surface area contributed by atoms with Crippen LogP contribution in [0, 0.1) is 17.6 Å². The second kappa shape index (κ2) is 6.40. The summed E-state index contributed by atoms with van der Waals surface area (Å²) < 4.78 is 25.6. The van der Waals surface area contributed by atoms with Crippen LogP contribution in [0.1, 0.15) is 12.5 Å². The van der Waals surface area contributed by atoms with E-state index >= 15 is 0 Å². The van der Waals surface area contributed by atoms with Gasteiger partial charge in [-0.15, -0.1) is 0 Å². The first-order valence-electron chi connectivity index (χ1n) is 5.72. The Hall–Kier alpha value is -1.55. The molecule has 2 nitrogen and oxygen atoms in total. The third kappa shape index (κ3) is 4.37. The molecule has 98 valence electrons. The van der Waals surface area contributed by atoms with Crippen molar-refractivity contribution in [3.8, 4) is 0 Å². The molecule has 0 fully saturated rings. The van der Waals surface area contributed by atoms with E-state index in [4.69, 9.17) is 0 Å². The van der Waals surface area contributed by atoms with E-state index in [1.807, 2.05) is 25.9 Å². The van der Waals surface area contributed by atoms with Crippen molar-refractivity contribution < 1.29 is 13.6 Å². The highest BCUT2D eigenvalue weighted by Gasteiger charge is 2.10.